The van der Waals surface area contributed by atoms with E-state index >= 15 is 0 Å². The third kappa shape index (κ3) is 1.65. The predicted octanol–water partition coefficient (Wildman–Crippen LogP) is 3.07. The molecule has 0 aromatic rings. The molecule has 0 bridgehead atoms. The quantitative estimate of drug-likeness (QED) is 0.600. The lowest BCUT2D eigenvalue weighted by Crippen LogP contribution is -1.64. The van der Waals surface area contributed by atoms with Gasteiger partial charge in [0.1, 0.15) is 0 Å². The lowest BCUT2D eigenvalue weighted by atomic mass is 11.0. The molecule has 0 N–H and O–H groups in total. The standard InChI is InChI=1S/C6H8S4/c1-2-8-5(7-1)6-9-3-4-10-6/h1-4H2. The van der Waals surface area contributed by atoms with Crippen LogP contribution in [0.1, 0.15) is 0 Å². The summed E-state index contributed by atoms with van der Waals surface area (Å²) in [4.78, 5) is 0. The van der Waals surface area contributed by atoms with Gasteiger partial charge in [-0.05, 0) is 0 Å². The summed E-state index contributed by atoms with van der Waals surface area (Å²) in [6, 6.07) is 0. The Hall–Kier alpha value is 1.14. The van der Waals surface area contributed by atoms with Crippen molar-refractivity contribution in [2.24, 2.45) is 0 Å². The topological polar surface area (TPSA) is 0 Å². The van der Waals surface area contributed by atoms with Crippen molar-refractivity contribution < 1.29 is 0 Å². The zero-order valence-electron chi connectivity index (χ0n) is 5.46. The van der Waals surface area contributed by atoms with E-state index in [9.17, 15) is 0 Å². The summed E-state index contributed by atoms with van der Waals surface area (Å²) < 4.78 is 3.21. The van der Waals surface area contributed by atoms with Crippen LogP contribution >= 0.6 is 47.0 Å². The molecule has 0 amide bonds. The van der Waals surface area contributed by atoms with Crippen molar-refractivity contribution in [1.29, 1.82) is 0 Å². The molecule has 0 aromatic carbocycles. The number of hydrogen-bond acceptors (Lipinski definition) is 4. The molecule has 0 spiro atoms. The van der Waals surface area contributed by atoms with Crippen LogP contribution in [0.5, 0.6) is 0 Å². The van der Waals surface area contributed by atoms with E-state index in [1.54, 1.807) is 8.47 Å². The molecule has 0 atom stereocenters. The largest absolute Gasteiger partial charge is 0.117 e. The van der Waals surface area contributed by atoms with Gasteiger partial charge in [-0.2, -0.15) is 0 Å². The minimum Gasteiger partial charge on any atom is -0.117 e. The normalized spacial score (nSPS) is 26.4. The molecule has 10 heavy (non-hydrogen) atoms. The van der Waals surface area contributed by atoms with E-state index in [0.29, 0.717) is 0 Å². The van der Waals surface area contributed by atoms with Crippen LogP contribution in [-0.4, -0.2) is 23.0 Å². The third-order valence-corrected chi connectivity index (χ3v) is 7.21. The highest BCUT2D eigenvalue weighted by Crippen LogP contribution is 2.49. The van der Waals surface area contributed by atoms with Crippen LogP contribution in [0.3, 0.4) is 0 Å². The molecule has 0 aliphatic carbocycles. The minimum atomic E-state index is 1.32. The summed E-state index contributed by atoms with van der Waals surface area (Å²) in [5.74, 6) is 5.30. The molecule has 2 saturated heterocycles. The van der Waals surface area contributed by atoms with Crippen LogP contribution in [-0.2, 0) is 0 Å². The van der Waals surface area contributed by atoms with Gasteiger partial charge in [0.15, 0.2) is 0 Å². The van der Waals surface area contributed by atoms with Crippen LogP contribution in [0.15, 0.2) is 8.47 Å². The smallest absolute Gasteiger partial charge is 0.0603 e. The first-order chi connectivity index (χ1) is 4.97. The van der Waals surface area contributed by atoms with E-state index in [0.717, 1.165) is 0 Å². The van der Waals surface area contributed by atoms with Crippen molar-refractivity contribution in [2.45, 2.75) is 0 Å². The van der Waals surface area contributed by atoms with E-state index in [-0.39, 0.29) is 0 Å². The molecular weight excluding hydrogens is 200 g/mol. The van der Waals surface area contributed by atoms with Crippen molar-refractivity contribution in [3.05, 3.63) is 8.47 Å². The van der Waals surface area contributed by atoms with Gasteiger partial charge in [0.05, 0.1) is 8.47 Å². The van der Waals surface area contributed by atoms with Gasteiger partial charge in [-0.25, -0.2) is 0 Å². The minimum absolute atomic E-state index is 1.32. The van der Waals surface area contributed by atoms with Crippen molar-refractivity contribution >= 4 is 47.0 Å². The first kappa shape index (κ1) is 7.77. The fourth-order valence-electron chi connectivity index (χ4n) is 0.856. The summed E-state index contributed by atoms with van der Waals surface area (Å²) in [6.07, 6.45) is 0. The Morgan fingerprint density at radius 1 is 0.600 bits per heavy atom. The molecule has 0 saturated carbocycles. The van der Waals surface area contributed by atoms with Gasteiger partial charge in [-0.1, -0.05) is 0 Å². The number of hydrogen-bond donors (Lipinski definition) is 0. The maximum atomic E-state index is 2.04. The van der Waals surface area contributed by atoms with Crippen LogP contribution < -0.4 is 0 Å². The van der Waals surface area contributed by atoms with E-state index in [1.165, 1.54) is 23.0 Å². The Kier molecular flexibility index (Phi) is 2.87. The zero-order chi connectivity index (χ0) is 6.81. The summed E-state index contributed by atoms with van der Waals surface area (Å²) >= 11 is 8.16. The molecule has 56 valence electrons. The van der Waals surface area contributed by atoms with Gasteiger partial charge in [-0.3, -0.25) is 0 Å². The molecular formula is C6H8S4. The molecule has 0 unspecified atom stereocenters. The van der Waals surface area contributed by atoms with Gasteiger partial charge >= 0.3 is 0 Å². The van der Waals surface area contributed by atoms with Gasteiger partial charge in [-0.15, -0.1) is 47.0 Å². The fraction of sp³-hybridized carbons (Fsp3) is 0.667. The van der Waals surface area contributed by atoms with Gasteiger partial charge in [0, 0.05) is 23.0 Å². The Bertz CT molecular complexity index is 129. The Morgan fingerprint density at radius 3 is 1.20 bits per heavy atom. The van der Waals surface area contributed by atoms with Crippen LogP contribution in [0, 0.1) is 0 Å². The van der Waals surface area contributed by atoms with E-state index in [2.05, 4.69) is 0 Å². The van der Waals surface area contributed by atoms with Crippen molar-refractivity contribution in [2.75, 3.05) is 23.0 Å². The number of rotatable bonds is 0. The average molecular weight is 208 g/mol. The van der Waals surface area contributed by atoms with Crippen molar-refractivity contribution in [3.8, 4) is 0 Å². The Balaban J connectivity index is 2.10. The highest BCUT2D eigenvalue weighted by molar-refractivity contribution is 8.31. The molecule has 2 heterocycles. The van der Waals surface area contributed by atoms with Crippen LogP contribution in [0.25, 0.3) is 0 Å². The first-order valence-electron chi connectivity index (χ1n) is 3.22. The second-order valence-corrected chi connectivity index (χ2v) is 6.91. The highest BCUT2D eigenvalue weighted by Gasteiger charge is 2.18. The SMILES string of the molecule is C1CSC(=C2SCCS2)S1. The summed E-state index contributed by atoms with van der Waals surface area (Å²) in [6.45, 7) is 0. The maximum absolute atomic E-state index is 2.04. The predicted molar refractivity (Wildman–Crippen MR) is 56.9 cm³/mol. The third-order valence-electron chi connectivity index (χ3n) is 1.27. The first-order valence-corrected chi connectivity index (χ1v) is 7.16. The van der Waals surface area contributed by atoms with Gasteiger partial charge < -0.3 is 0 Å². The van der Waals surface area contributed by atoms with Crippen molar-refractivity contribution in [1.82, 2.24) is 0 Å². The van der Waals surface area contributed by atoms with E-state index in [1.807, 2.05) is 47.0 Å². The summed E-state index contributed by atoms with van der Waals surface area (Å²) in [5.41, 5.74) is 0. The van der Waals surface area contributed by atoms with Gasteiger partial charge in [0.2, 0.25) is 0 Å². The maximum Gasteiger partial charge on any atom is 0.0603 e. The molecule has 2 rings (SSSR count). The molecule has 2 aliphatic heterocycles. The monoisotopic (exact) mass is 208 g/mol. The molecule has 2 fully saturated rings. The van der Waals surface area contributed by atoms with Crippen molar-refractivity contribution in [3.63, 3.8) is 0 Å². The highest BCUT2D eigenvalue weighted by atomic mass is 32.2. The Morgan fingerprint density at radius 2 is 0.900 bits per heavy atom. The molecule has 0 nitrogen and oxygen atoms in total. The second-order valence-electron chi connectivity index (χ2n) is 1.97. The van der Waals surface area contributed by atoms with Crippen LogP contribution in [0.4, 0.5) is 0 Å². The lowest BCUT2D eigenvalue weighted by Gasteiger charge is -1.97. The fourth-order valence-corrected chi connectivity index (χ4v) is 6.48. The Labute approximate surface area is 78.4 Å². The zero-order valence-corrected chi connectivity index (χ0v) is 8.73. The van der Waals surface area contributed by atoms with Crippen LogP contribution in [0.2, 0.25) is 0 Å². The van der Waals surface area contributed by atoms with E-state index in [4.69, 9.17) is 0 Å². The average Bonchev–Trinajstić information content (AvgIpc) is 2.59. The summed E-state index contributed by atoms with van der Waals surface area (Å²) in [7, 11) is 0. The molecule has 0 aromatic heterocycles. The summed E-state index contributed by atoms with van der Waals surface area (Å²) in [5, 5.41) is 0. The number of thioether (sulfide) groups is 4. The second kappa shape index (κ2) is 3.70. The lowest BCUT2D eigenvalue weighted by molar-refractivity contribution is 1.59. The molecule has 0 radical (unpaired) electrons. The molecule has 2 aliphatic rings. The van der Waals surface area contributed by atoms with E-state index < -0.39 is 0 Å². The molecule has 4 heteroatoms. The van der Waals surface area contributed by atoms with Gasteiger partial charge in [0.25, 0.3) is 0 Å².